The highest BCUT2D eigenvalue weighted by Crippen LogP contribution is 2.14. The fourth-order valence-corrected chi connectivity index (χ4v) is 2.77. The van der Waals surface area contributed by atoms with E-state index in [9.17, 15) is 9.59 Å². The molecule has 0 aromatic carbocycles. The number of furan rings is 1. The van der Waals surface area contributed by atoms with Gasteiger partial charge in [-0.2, -0.15) is 0 Å². The van der Waals surface area contributed by atoms with Gasteiger partial charge in [-0.15, -0.1) is 0 Å². The number of hydrogen-bond donors (Lipinski definition) is 0. The number of hydrogen-bond acceptors (Lipinski definition) is 3. The predicted octanol–water partition coefficient (Wildman–Crippen LogP) is 3.04. The van der Waals surface area contributed by atoms with Crippen LogP contribution >= 0.6 is 0 Å². The number of rotatable bonds is 8. The lowest BCUT2D eigenvalue weighted by atomic mass is 10.1. The van der Waals surface area contributed by atoms with Gasteiger partial charge in [0.05, 0.1) is 19.4 Å². The average molecular weight is 359 g/mol. The molecule has 2 heterocycles. The number of amides is 2. The van der Waals surface area contributed by atoms with Crippen molar-refractivity contribution in [1.29, 1.82) is 0 Å². The number of nitrogens with zero attached hydrogens (tertiary/aromatic N) is 3. The molecule has 0 aliphatic carbocycles. The number of carbonyl (C=O) groups is 2. The van der Waals surface area contributed by atoms with Crippen LogP contribution in [0, 0.1) is 5.92 Å². The van der Waals surface area contributed by atoms with Gasteiger partial charge in [0, 0.05) is 30.9 Å². The first-order valence-corrected chi connectivity index (χ1v) is 9.00. The van der Waals surface area contributed by atoms with Gasteiger partial charge in [-0.1, -0.05) is 13.8 Å². The maximum absolute atomic E-state index is 13.0. The van der Waals surface area contributed by atoms with Crippen molar-refractivity contribution >= 4 is 11.8 Å². The first kappa shape index (κ1) is 19.8. The molecule has 0 N–H and O–H groups in total. The van der Waals surface area contributed by atoms with Crippen molar-refractivity contribution in [2.45, 2.75) is 46.8 Å². The maximum Gasteiger partial charge on any atom is 0.242 e. The molecule has 0 aliphatic rings. The van der Waals surface area contributed by atoms with Gasteiger partial charge in [-0.05, 0) is 38.1 Å². The van der Waals surface area contributed by atoms with Crippen molar-refractivity contribution in [1.82, 2.24) is 14.4 Å². The van der Waals surface area contributed by atoms with Crippen LogP contribution in [0.25, 0.3) is 0 Å². The van der Waals surface area contributed by atoms with Crippen LogP contribution in [0.2, 0.25) is 0 Å². The summed E-state index contributed by atoms with van der Waals surface area (Å²) in [5.74, 6) is 0.478. The summed E-state index contributed by atoms with van der Waals surface area (Å²) >= 11 is 0. The smallest absolute Gasteiger partial charge is 0.242 e. The van der Waals surface area contributed by atoms with Gasteiger partial charge in [-0.3, -0.25) is 9.59 Å². The Hall–Kier alpha value is -2.50. The molecule has 0 saturated carbocycles. The Morgan fingerprint density at radius 1 is 1.12 bits per heavy atom. The van der Waals surface area contributed by atoms with E-state index in [0.29, 0.717) is 13.1 Å². The first-order valence-electron chi connectivity index (χ1n) is 9.00. The van der Waals surface area contributed by atoms with Gasteiger partial charge in [0.1, 0.15) is 12.3 Å². The van der Waals surface area contributed by atoms with Crippen LogP contribution in [0.15, 0.2) is 41.1 Å². The minimum Gasteiger partial charge on any atom is -0.467 e. The second kappa shape index (κ2) is 8.74. The minimum atomic E-state index is -0.142. The lowest BCUT2D eigenvalue weighted by Crippen LogP contribution is -2.47. The first-order chi connectivity index (χ1) is 12.3. The van der Waals surface area contributed by atoms with Crippen molar-refractivity contribution < 1.29 is 14.0 Å². The Morgan fingerprint density at radius 3 is 2.35 bits per heavy atom. The molecule has 0 atom stereocenters. The second-order valence-electron chi connectivity index (χ2n) is 7.15. The molecule has 0 saturated heterocycles. The third kappa shape index (κ3) is 5.00. The molecular weight excluding hydrogens is 330 g/mol. The Balaban J connectivity index is 2.18. The molecule has 0 aliphatic heterocycles. The summed E-state index contributed by atoms with van der Waals surface area (Å²) in [6, 6.07) is 7.57. The van der Waals surface area contributed by atoms with Gasteiger partial charge >= 0.3 is 0 Å². The number of aromatic nitrogens is 1. The zero-order valence-electron chi connectivity index (χ0n) is 16.3. The van der Waals surface area contributed by atoms with Gasteiger partial charge in [0.25, 0.3) is 0 Å². The summed E-state index contributed by atoms with van der Waals surface area (Å²) in [6.45, 7) is 8.48. The summed E-state index contributed by atoms with van der Waals surface area (Å²) in [4.78, 5) is 28.9. The van der Waals surface area contributed by atoms with Gasteiger partial charge in [-0.25, -0.2) is 0 Å². The van der Waals surface area contributed by atoms with Crippen LogP contribution in [0.1, 0.15) is 39.1 Å². The van der Waals surface area contributed by atoms with Crippen LogP contribution in [-0.2, 0) is 29.7 Å². The van der Waals surface area contributed by atoms with Crippen molar-refractivity contribution in [3.8, 4) is 0 Å². The van der Waals surface area contributed by atoms with E-state index >= 15 is 0 Å². The van der Waals surface area contributed by atoms with E-state index in [-0.39, 0.29) is 30.3 Å². The quantitative estimate of drug-likeness (QED) is 0.728. The Morgan fingerprint density at radius 2 is 1.85 bits per heavy atom. The van der Waals surface area contributed by atoms with Crippen LogP contribution < -0.4 is 0 Å². The standard InChI is InChI=1S/C20H29N3O3/c1-15(2)20(25)23(16(3)4)14-19(24)22(13-18-9-7-11-26-18)12-17-8-6-10-21(17)5/h6-11,15-16H,12-14H2,1-5H3. The van der Waals surface area contributed by atoms with E-state index < -0.39 is 0 Å². The highest BCUT2D eigenvalue weighted by atomic mass is 16.3. The van der Waals surface area contributed by atoms with Crippen LogP contribution in [0.3, 0.4) is 0 Å². The molecule has 0 unspecified atom stereocenters. The highest BCUT2D eigenvalue weighted by molar-refractivity contribution is 5.85. The zero-order valence-corrected chi connectivity index (χ0v) is 16.3. The molecule has 0 bridgehead atoms. The van der Waals surface area contributed by atoms with Crippen molar-refractivity contribution in [2.24, 2.45) is 13.0 Å². The Bertz CT molecular complexity index is 717. The van der Waals surface area contributed by atoms with Gasteiger partial charge in [0.2, 0.25) is 11.8 Å². The number of carbonyl (C=O) groups excluding carboxylic acids is 2. The van der Waals surface area contributed by atoms with E-state index in [1.807, 2.05) is 69.8 Å². The molecule has 6 heteroatoms. The van der Waals surface area contributed by atoms with E-state index in [0.717, 1.165) is 11.5 Å². The SMILES string of the molecule is CC(C)C(=O)N(CC(=O)N(Cc1ccco1)Cc1cccn1C)C(C)C. The highest BCUT2D eigenvalue weighted by Gasteiger charge is 2.26. The second-order valence-corrected chi connectivity index (χ2v) is 7.15. The molecule has 6 nitrogen and oxygen atoms in total. The van der Waals surface area contributed by atoms with E-state index in [1.54, 1.807) is 16.1 Å². The van der Waals surface area contributed by atoms with Crippen LogP contribution in [-0.4, -0.2) is 38.8 Å². The summed E-state index contributed by atoms with van der Waals surface area (Å²) in [5.41, 5.74) is 1.02. The molecule has 0 radical (unpaired) electrons. The largest absolute Gasteiger partial charge is 0.467 e. The zero-order chi connectivity index (χ0) is 19.3. The summed E-state index contributed by atoms with van der Waals surface area (Å²) < 4.78 is 7.41. The molecule has 2 aromatic rings. The minimum absolute atomic E-state index is 0.00911. The van der Waals surface area contributed by atoms with E-state index in [4.69, 9.17) is 4.42 Å². The van der Waals surface area contributed by atoms with E-state index in [2.05, 4.69) is 0 Å². The third-order valence-corrected chi connectivity index (χ3v) is 4.39. The fourth-order valence-electron chi connectivity index (χ4n) is 2.77. The molecule has 0 fully saturated rings. The monoisotopic (exact) mass is 359 g/mol. The summed E-state index contributed by atoms with van der Waals surface area (Å²) in [5, 5.41) is 0. The van der Waals surface area contributed by atoms with Crippen LogP contribution in [0.4, 0.5) is 0 Å². The van der Waals surface area contributed by atoms with Crippen molar-refractivity contribution in [3.05, 3.63) is 48.2 Å². The van der Waals surface area contributed by atoms with Crippen molar-refractivity contribution in [2.75, 3.05) is 6.54 Å². The Kier molecular flexibility index (Phi) is 6.66. The van der Waals surface area contributed by atoms with Gasteiger partial charge < -0.3 is 18.8 Å². The number of aryl methyl sites for hydroxylation is 1. The third-order valence-electron chi connectivity index (χ3n) is 4.39. The topological polar surface area (TPSA) is 58.7 Å². The molecule has 2 aromatic heterocycles. The summed E-state index contributed by atoms with van der Waals surface area (Å²) in [6.07, 6.45) is 3.55. The van der Waals surface area contributed by atoms with Crippen LogP contribution in [0.5, 0.6) is 0 Å². The van der Waals surface area contributed by atoms with Crippen molar-refractivity contribution in [3.63, 3.8) is 0 Å². The lowest BCUT2D eigenvalue weighted by Gasteiger charge is -2.31. The molecule has 142 valence electrons. The maximum atomic E-state index is 13.0. The Labute approximate surface area is 155 Å². The normalized spacial score (nSPS) is 11.2. The summed E-state index contributed by atoms with van der Waals surface area (Å²) in [7, 11) is 1.95. The fraction of sp³-hybridized carbons (Fsp3) is 0.500. The predicted molar refractivity (Wildman–Crippen MR) is 100 cm³/mol. The molecular formula is C20H29N3O3. The molecule has 26 heavy (non-hydrogen) atoms. The van der Waals surface area contributed by atoms with Gasteiger partial charge in [0.15, 0.2) is 0 Å². The van der Waals surface area contributed by atoms with E-state index in [1.165, 1.54) is 0 Å². The lowest BCUT2D eigenvalue weighted by molar-refractivity contribution is -0.144. The average Bonchev–Trinajstić information content (AvgIpc) is 3.23. The molecule has 2 amide bonds. The molecule has 2 rings (SSSR count). The molecule has 0 spiro atoms.